The van der Waals surface area contributed by atoms with Gasteiger partial charge in [0.05, 0.1) is 10.6 Å². The molecule has 6 nitrogen and oxygen atoms in total. The summed E-state index contributed by atoms with van der Waals surface area (Å²) >= 11 is 0. The van der Waals surface area contributed by atoms with Crippen LogP contribution in [0, 0.1) is 20.8 Å². The van der Waals surface area contributed by atoms with E-state index in [4.69, 9.17) is 9.88 Å². The molecule has 0 heterocycles. The summed E-state index contributed by atoms with van der Waals surface area (Å²) in [4.78, 5) is 12.8. The van der Waals surface area contributed by atoms with Gasteiger partial charge in [0.2, 0.25) is 10.0 Å². The van der Waals surface area contributed by atoms with Crippen molar-refractivity contribution in [3.63, 3.8) is 0 Å². The van der Waals surface area contributed by atoms with Gasteiger partial charge in [-0.25, -0.2) is 13.6 Å². The van der Waals surface area contributed by atoms with E-state index in [1.807, 2.05) is 31.2 Å². The summed E-state index contributed by atoms with van der Waals surface area (Å²) in [6.07, 6.45) is 0. The topological polar surface area (TPSA) is 98.5 Å². The third-order valence-corrected chi connectivity index (χ3v) is 5.58. The minimum absolute atomic E-state index is 0.0630. The first-order valence-corrected chi connectivity index (χ1v) is 10.5. The molecule has 0 saturated heterocycles. The molecule has 3 aromatic carbocycles. The maximum Gasteiger partial charge on any atom is 0.255 e. The molecule has 0 unspecified atom stereocenters. The maximum absolute atomic E-state index is 12.8. The fraction of sp³-hybridized carbons (Fsp3) is 0.136. The number of benzene rings is 3. The summed E-state index contributed by atoms with van der Waals surface area (Å²) < 4.78 is 29.6. The third-order valence-electron chi connectivity index (χ3n) is 4.54. The van der Waals surface area contributed by atoms with Gasteiger partial charge in [0.15, 0.2) is 5.75 Å². The van der Waals surface area contributed by atoms with Crippen LogP contribution in [0.4, 0.5) is 5.69 Å². The molecule has 29 heavy (non-hydrogen) atoms. The van der Waals surface area contributed by atoms with Crippen LogP contribution in [0.3, 0.4) is 0 Å². The Bertz CT molecular complexity index is 1190. The van der Waals surface area contributed by atoms with Crippen LogP contribution < -0.4 is 15.2 Å². The molecule has 0 fully saturated rings. The number of rotatable bonds is 5. The highest BCUT2D eigenvalue weighted by molar-refractivity contribution is 7.89. The van der Waals surface area contributed by atoms with E-state index < -0.39 is 15.9 Å². The molecule has 3 aromatic rings. The van der Waals surface area contributed by atoms with Crippen molar-refractivity contribution in [2.45, 2.75) is 25.7 Å². The summed E-state index contributed by atoms with van der Waals surface area (Å²) in [5.74, 6) is 0.662. The smallest absolute Gasteiger partial charge is 0.255 e. The SMILES string of the molecule is Cc1cccc(Oc2ccccc2NC(=O)c2cc(C)c(C)c(S(N)(=O)=O)c2)c1. The first-order chi connectivity index (χ1) is 13.6. The second kappa shape index (κ2) is 8.06. The molecule has 150 valence electrons. The van der Waals surface area contributed by atoms with Crippen molar-refractivity contribution < 1.29 is 17.9 Å². The number of aryl methyl sites for hydroxylation is 2. The van der Waals surface area contributed by atoms with Crippen molar-refractivity contribution in [1.82, 2.24) is 0 Å². The van der Waals surface area contributed by atoms with Gasteiger partial charge in [-0.1, -0.05) is 24.3 Å². The van der Waals surface area contributed by atoms with Crippen molar-refractivity contribution in [3.05, 3.63) is 82.9 Å². The molecular weight excluding hydrogens is 388 g/mol. The van der Waals surface area contributed by atoms with E-state index in [1.165, 1.54) is 6.07 Å². The second-order valence-corrected chi connectivity index (χ2v) is 8.36. The van der Waals surface area contributed by atoms with Gasteiger partial charge >= 0.3 is 0 Å². The van der Waals surface area contributed by atoms with Gasteiger partial charge in [-0.2, -0.15) is 0 Å². The van der Waals surface area contributed by atoms with E-state index in [0.29, 0.717) is 28.3 Å². The number of nitrogens with two attached hydrogens (primary N) is 1. The summed E-state index contributed by atoms with van der Waals surface area (Å²) in [6.45, 7) is 5.35. The van der Waals surface area contributed by atoms with Crippen molar-refractivity contribution in [2.24, 2.45) is 5.14 Å². The highest BCUT2D eigenvalue weighted by atomic mass is 32.2. The number of anilines is 1. The van der Waals surface area contributed by atoms with Crippen LogP contribution in [0.15, 0.2) is 65.6 Å². The zero-order chi connectivity index (χ0) is 21.2. The molecule has 0 atom stereocenters. The Kier molecular flexibility index (Phi) is 5.72. The number of sulfonamides is 1. The van der Waals surface area contributed by atoms with Crippen molar-refractivity contribution in [2.75, 3.05) is 5.32 Å². The monoisotopic (exact) mass is 410 g/mol. The zero-order valence-corrected chi connectivity index (χ0v) is 17.2. The molecule has 0 radical (unpaired) electrons. The van der Waals surface area contributed by atoms with E-state index in [0.717, 1.165) is 5.56 Å². The number of ether oxygens (including phenoxy) is 1. The first kappa shape index (κ1) is 20.6. The number of carbonyl (C=O) groups is 1. The van der Waals surface area contributed by atoms with Crippen LogP contribution in [-0.4, -0.2) is 14.3 Å². The van der Waals surface area contributed by atoms with Gasteiger partial charge in [0, 0.05) is 5.56 Å². The molecule has 0 aliphatic carbocycles. The van der Waals surface area contributed by atoms with Crippen molar-refractivity contribution in [1.29, 1.82) is 0 Å². The Hall–Kier alpha value is -3.16. The molecular formula is C22H22N2O4S. The minimum Gasteiger partial charge on any atom is -0.455 e. The van der Waals surface area contributed by atoms with E-state index in [2.05, 4.69) is 5.32 Å². The molecule has 0 aliphatic heterocycles. The van der Waals surface area contributed by atoms with E-state index in [1.54, 1.807) is 44.2 Å². The van der Waals surface area contributed by atoms with Gasteiger partial charge < -0.3 is 10.1 Å². The minimum atomic E-state index is -3.94. The lowest BCUT2D eigenvalue weighted by atomic mass is 10.1. The van der Waals surface area contributed by atoms with Crippen molar-refractivity contribution >= 4 is 21.6 Å². The van der Waals surface area contributed by atoms with E-state index in [-0.39, 0.29) is 10.5 Å². The van der Waals surface area contributed by atoms with Crippen molar-refractivity contribution in [3.8, 4) is 11.5 Å². The van der Waals surface area contributed by atoms with E-state index >= 15 is 0 Å². The fourth-order valence-corrected chi connectivity index (χ4v) is 3.79. The molecule has 0 spiro atoms. The standard InChI is InChI=1S/C22H22N2O4S/c1-14-7-6-8-18(11-14)28-20-10-5-4-9-19(20)24-22(25)17-12-15(2)16(3)21(13-17)29(23,26)27/h4-13H,1-3H3,(H,24,25)(H2,23,26,27). The Morgan fingerprint density at radius 3 is 2.38 bits per heavy atom. The van der Waals surface area contributed by atoms with Gasteiger partial charge in [0.1, 0.15) is 5.75 Å². The lowest BCUT2D eigenvalue weighted by Gasteiger charge is -2.14. The quantitative estimate of drug-likeness (QED) is 0.655. The van der Waals surface area contributed by atoms with Gasteiger partial charge in [-0.3, -0.25) is 4.79 Å². The molecule has 3 rings (SSSR count). The van der Waals surface area contributed by atoms with Gasteiger partial charge in [-0.05, 0) is 73.9 Å². The molecule has 0 bridgehead atoms. The zero-order valence-electron chi connectivity index (χ0n) is 16.4. The fourth-order valence-electron chi connectivity index (χ4n) is 2.91. The Labute approximate surface area is 170 Å². The summed E-state index contributed by atoms with van der Waals surface area (Å²) in [6, 6.07) is 17.5. The Balaban J connectivity index is 1.92. The average Bonchev–Trinajstić information content (AvgIpc) is 2.64. The molecule has 0 saturated carbocycles. The average molecular weight is 410 g/mol. The maximum atomic E-state index is 12.8. The molecule has 7 heteroatoms. The highest BCUT2D eigenvalue weighted by Gasteiger charge is 2.18. The number of amides is 1. The number of nitrogens with one attached hydrogen (secondary N) is 1. The number of carbonyl (C=O) groups excluding carboxylic acids is 1. The Morgan fingerprint density at radius 2 is 1.69 bits per heavy atom. The van der Waals surface area contributed by atoms with Crippen LogP contribution in [0.1, 0.15) is 27.0 Å². The van der Waals surface area contributed by atoms with Gasteiger partial charge in [0.25, 0.3) is 5.91 Å². The largest absolute Gasteiger partial charge is 0.455 e. The predicted molar refractivity (Wildman–Crippen MR) is 113 cm³/mol. The highest BCUT2D eigenvalue weighted by Crippen LogP contribution is 2.30. The summed E-state index contributed by atoms with van der Waals surface area (Å²) in [5, 5.41) is 8.08. The van der Waals surface area contributed by atoms with Gasteiger partial charge in [-0.15, -0.1) is 0 Å². The Morgan fingerprint density at radius 1 is 0.966 bits per heavy atom. The molecule has 0 aliphatic rings. The number of primary sulfonamides is 1. The second-order valence-electron chi connectivity index (χ2n) is 6.83. The summed E-state index contributed by atoms with van der Waals surface area (Å²) in [5.41, 5.74) is 2.89. The van der Waals surface area contributed by atoms with Crippen LogP contribution in [0.2, 0.25) is 0 Å². The molecule has 3 N–H and O–H groups in total. The first-order valence-electron chi connectivity index (χ1n) is 8.94. The lowest BCUT2D eigenvalue weighted by Crippen LogP contribution is -2.18. The van der Waals surface area contributed by atoms with Crippen LogP contribution in [0.25, 0.3) is 0 Å². The van der Waals surface area contributed by atoms with Crippen LogP contribution in [-0.2, 0) is 10.0 Å². The number of hydrogen-bond donors (Lipinski definition) is 2. The summed E-state index contributed by atoms with van der Waals surface area (Å²) in [7, 11) is -3.94. The van der Waals surface area contributed by atoms with E-state index in [9.17, 15) is 13.2 Å². The van der Waals surface area contributed by atoms with Crippen LogP contribution in [0.5, 0.6) is 11.5 Å². The number of para-hydroxylation sites is 2. The number of hydrogen-bond acceptors (Lipinski definition) is 4. The molecule has 1 amide bonds. The van der Waals surface area contributed by atoms with Crippen LogP contribution >= 0.6 is 0 Å². The predicted octanol–water partition coefficient (Wildman–Crippen LogP) is 4.30. The normalized spacial score (nSPS) is 11.2. The lowest BCUT2D eigenvalue weighted by molar-refractivity contribution is 0.102. The molecule has 0 aromatic heterocycles. The third kappa shape index (κ3) is 4.82.